The van der Waals surface area contributed by atoms with Crippen molar-refractivity contribution in [3.8, 4) is 0 Å². The molecule has 22 heavy (non-hydrogen) atoms. The quantitative estimate of drug-likeness (QED) is 0.631. The minimum Gasteiger partial charge on any atom is -0.394 e. The highest BCUT2D eigenvalue weighted by molar-refractivity contribution is 9.10. The van der Waals surface area contributed by atoms with Gasteiger partial charge in [0.05, 0.1) is 17.1 Å². The van der Waals surface area contributed by atoms with Crippen LogP contribution < -0.4 is 10.6 Å². The number of hydrogen-bond acceptors (Lipinski definition) is 6. The normalized spacial score (nSPS) is 12.0. The molecule has 0 aliphatic heterocycles. The lowest BCUT2D eigenvalue weighted by molar-refractivity contribution is 0.271. The molecule has 2 aromatic rings. The zero-order valence-electron chi connectivity index (χ0n) is 12.5. The van der Waals surface area contributed by atoms with Gasteiger partial charge < -0.3 is 15.7 Å². The van der Waals surface area contributed by atoms with E-state index in [1.165, 1.54) is 4.90 Å². The molecule has 3 N–H and O–H groups in total. The van der Waals surface area contributed by atoms with E-state index in [2.05, 4.69) is 42.6 Å². The van der Waals surface area contributed by atoms with E-state index in [0.29, 0.717) is 11.8 Å². The molecule has 1 atom stereocenters. The molecule has 0 aliphatic rings. The van der Waals surface area contributed by atoms with Crippen molar-refractivity contribution in [1.29, 1.82) is 0 Å². The van der Waals surface area contributed by atoms with Gasteiger partial charge in [-0.15, -0.1) is 11.8 Å². The van der Waals surface area contributed by atoms with Crippen molar-refractivity contribution in [3.05, 3.63) is 34.9 Å². The second kappa shape index (κ2) is 8.36. The maximum Gasteiger partial charge on any atom is 0.229 e. The lowest BCUT2D eigenvalue weighted by Crippen LogP contribution is -2.23. The summed E-state index contributed by atoms with van der Waals surface area (Å²) >= 11 is 5.11. The molecule has 0 spiro atoms. The van der Waals surface area contributed by atoms with Crippen LogP contribution in [0.1, 0.15) is 13.3 Å². The van der Waals surface area contributed by atoms with Crippen molar-refractivity contribution in [2.75, 3.05) is 23.5 Å². The minimum atomic E-state index is -0.0288. The highest BCUT2D eigenvalue weighted by atomic mass is 79.9. The third-order valence-electron chi connectivity index (χ3n) is 3.12. The van der Waals surface area contributed by atoms with Crippen LogP contribution in [-0.2, 0) is 0 Å². The molecule has 0 aliphatic carbocycles. The Labute approximate surface area is 143 Å². The Morgan fingerprint density at radius 3 is 2.91 bits per heavy atom. The molecule has 1 aromatic heterocycles. The lowest BCUT2D eigenvalue weighted by Gasteiger charge is -2.16. The standard InChI is InChI=1S/C15H19BrN4OS/c1-3-10(9-21)18-14-13(16)8-17-15(20-14)19-11-5-4-6-12(7-11)22-2/h4-8,10,21H,3,9H2,1-2H3,(H2,17,18,19,20). The summed E-state index contributed by atoms with van der Waals surface area (Å²) in [6.07, 6.45) is 4.54. The van der Waals surface area contributed by atoms with E-state index in [0.717, 1.165) is 16.6 Å². The number of nitrogens with one attached hydrogen (secondary N) is 2. The molecule has 0 saturated carbocycles. The average Bonchev–Trinajstić information content (AvgIpc) is 2.55. The van der Waals surface area contributed by atoms with Gasteiger partial charge in [-0.1, -0.05) is 13.0 Å². The average molecular weight is 383 g/mol. The third kappa shape index (κ3) is 4.59. The van der Waals surface area contributed by atoms with Crippen LogP contribution in [0.25, 0.3) is 0 Å². The topological polar surface area (TPSA) is 70.1 Å². The van der Waals surface area contributed by atoms with E-state index in [1.807, 2.05) is 31.4 Å². The summed E-state index contributed by atoms with van der Waals surface area (Å²) in [6.45, 7) is 2.07. The molecule has 0 radical (unpaired) electrons. The Morgan fingerprint density at radius 2 is 2.23 bits per heavy atom. The van der Waals surface area contributed by atoms with E-state index in [-0.39, 0.29) is 12.6 Å². The summed E-state index contributed by atoms with van der Waals surface area (Å²) in [7, 11) is 0. The van der Waals surface area contributed by atoms with Crippen molar-refractivity contribution in [3.63, 3.8) is 0 Å². The Balaban J connectivity index is 2.17. The predicted molar refractivity (Wildman–Crippen MR) is 96.0 cm³/mol. The second-order valence-corrected chi connectivity index (χ2v) is 6.41. The minimum absolute atomic E-state index is 0.0288. The summed E-state index contributed by atoms with van der Waals surface area (Å²) in [5, 5.41) is 15.7. The number of aromatic nitrogens is 2. The van der Waals surface area contributed by atoms with E-state index >= 15 is 0 Å². The number of thioether (sulfide) groups is 1. The molecule has 0 amide bonds. The molecule has 1 unspecified atom stereocenters. The number of rotatable bonds is 7. The zero-order chi connectivity index (χ0) is 15.9. The Morgan fingerprint density at radius 1 is 1.41 bits per heavy atom. The first kappa shape index (κ1) is 17.1. The number of hydrogen-bond donors (Lipinski definition) is 3. The number of aliphatic hydroxyl groups is 1. The van der Waals surface area contributed by atoms with Gasteiger partial charge in [-0.3, -0.25) is 0 Å². The lowest BCUT2D eigenvalue weighted by atomic mass is 10.2. The number of anilines is 3. The molecule has 5 nitrogen and oxygen atoms in total. The Kier molecular flexibility index (Phi) is 6.48. The molecule has 7 heteroatoms. The maximum absolute atomic E-state index is 9.30. The van der Waals surface area contributed by atoms with Crippen molar-refractivity contribution in [1.82, 2.24) is 9.97 Å². The van der Waals surface area contributed by atoms with E-state index in [9.17, 15) is 5.11 Å². The Bertz CT molecular complexity index is 622. The highest BCUT2D eigenvalue weighted by Crippen LogP contribution is 2.24. The number of benzene rings is 1. The highest BCUT2D eigenvalue weighted by Gasteiger charge is 2.10. The number of halogens is 1. The Hall–Kier alpha value is -1.31. The van der Waals surface area contributed by atoms with Gasteiger partial charge in [-0.05, 0) is 46.8 Å². The molecule has 1 aromatic carbocycles. The molecule has 0 bridgehead atoms. The molecule has 0 fully saturated rings. The fourth-order valence-corrected chi connectivity index (χ4v) is 2.59. The third-order valence-corrected chi connectivity index (χ3v) is 4.43. The SMILES string of the molecule is CCC(CO)Nc1nc(Nc2cccc(SC)c2)ncc1Br. The van der Waals surface area contributed by atoms with Crippen molar-refractivity contribution >= 4 is 45.1 Å². The van der Waals surface area contributed by atoms with Gasteiger partial charge in [0.15, 0.2) is 0 Å². The fourth-order valence-electron chi connectivity index (χ4n) is 1.83. The first-order chi connectivity index (χ1) is 10.7. The van der Waals surface area contributed by atoms with Gasteiger partial charge >= 0.3 is 0 Å². The van der Waals surface area contributed by atoms with Crippen molar-refractivity contribution in [2.45, 2.75) is 24.3 Å². The first-order valence-electron chi connectivity index (χ1n) is 6.97. The van der Waals surface area contributed by atoms with Crippen LogP contribution >= 0.6 is 27.7 Å². The van der Waals surface area contributed by atoms with Crippen LogP contribution in [0.15, 0.2) is 39.8 Å². The summed E-state index contributed by atoms with van der Waals surface area (Å²) in [6, 6.07) is 8.04. The van der Waals surface area contributed by atoms with Crippen LogP contribution in [0.4, 0.5) is 17.5 Å². The van der Waals surface area contributed by atoms with Crippen LogP contribution in [0, 0.1) is 0 Å². The van der Waals surface area contributed by atoms with Crippen LogP contribution in [0.3, 0.4) is 0 Å². The fraction of sp³-hybridized carbons (Fsp3) is 0.333. The first-order valence-corrected chi connectivity index (χ1v) is 8.99. The van der Waals surface area contributed by atoms with Gasteiger partial charge in [0.1, 0.15) is 5.82 Å². The van der Waals surface area contributed by atoms with Crippen LogP contribution in [0.2, 0.25) is 0 Å². The second-order valence-electron chi connectivity index (χ2n) is 4.68. The van der Waals surface area contributed by atoms with Crippen molar-refractivity contribution in [2.24, 2.45) is 0 Å². The summed E-state index contributed by atoms with van der Waals surface area (Å²) in [4.78, 5) is 9.90. The molecule has 1 heterocycles. The summed E-state index contributed by atoms with van der Waals surface area (Å²) in [5.41, 5.74) is 0.939. The van der Waals surface area contributed by atoms with E-state index in [4.69, 9.17) is 0 Å². The summed E-state index contributed by atoms with van der Waals surface area (Å²) in [5.74, 6) is 1.18. The van der Waals surface area contributed by atoms with Gasteiger partial charge in [-0.2, -0.15) is 4.98 Å². The van der Waals surface area contributed by atoms with Gasteiger partial charge in [0, 0.05) is 16.8 Å². The molecular weight excluding hydrogens is 364 g/mol. The van der Waals surface area contributed by atoms with Gasteiger partial charge in [0.2, 0.25) is 5.95 Å². The van der Waals surface area contributed by atoms with Gasteiger partial charge in [-0.25, -0.2) is 4.98 Å². The maximum atomic E-state index is 9.30. The monoisotopic (exact) mass is 382 g/mol. The van der Waals surface area contributed by atoms with Crippen LogP contribution in [0.5, 0.6) is 0 Å². The zero-order valence-corrected chi connectivity index (χ0v) is 14.9. The molecule has 2 rings (SSSR count). The van der Waals surface area contributed by atoms with Crippen LogP contribution in [-0.4, -0.2) is 34.0 Å². The van der Waals surface area contributed by atoms with Gasteiger partial charge in [0.25, 0.3) is 0 Å². The molecule has 0 saturated heterocycles. The molecular formula is C15H19BrN4OS. The molecule has 118 valence electrons. The number of nitrogens with zero attached hydrogens (tertiary/aromatic N) is 2. The predicted octanol–water partition coefficient (Wildman–Crippen LogP) is 3.89. The van der Waals surface area contributed by atoms with Crippen molar-refractivity contribution < 1.29 is 5.11 Å². The van der Waals surface area contributed by atoms with E-state index in [1.54, 1.807) is 18.0 Å². The number of aliphatic hydroxyl groups excluding tert-OH is 1. The smallest absolute Gasteiger partial charge is 0.229 e. The van der Waals surface area contributed by atoms with E-state index < -0.39 is 0 Å². The summed E-state index contributed by atoms with van der Waals surface area (Å²) < 4.78 is 0.766. The largest absolute Gasteiger partial charge is 0.394 e.